The van der Waals surface area contributed by atoms with E-state index in [1.807, 2.05) is 6.92 Å². The van der Waals surface area contributed by atoms with Gasteiger partial charge in [0.1, 0.15) is 13.1 Å². The minimum absolute atomic E-state index is 0.155. The number of likely N-dealkylation sites (N-methyl/N-ethyl adjacent to an activating group) is 1. The van der Waals surface area contributed by atoms with Crippen LogP contribution in [-0.2, 0) is 6.54 Å². The smallest absolute Gasteiger partial charge is 0.159 e. The number of hydrogen-bond donors (Lipinski definition) is 1. The second-order valence-electron chi connectivity index (χ2n) is 6.92. The zero-order valence-corrected chi connectivity index (χ0v) is 15.3. The fourth-order valence-corrected chi connectivity index (χ4v) is 3.76. The lowest BCUT2D eigenvalue weighted by Gasteiger charge is -2.29. The van der Waals surface area contributed by atoms with Crippen LogP contribution in [0.25, 0.3) is 22.6 Å². The molecule has 0 saturated carbocycles. The van der Waals surface area contributed by atoms with E-state index in [0.29, 0.717) is 40.8 Å². The van der Waals surface area contributed by atoms with Crippen molar-refractivity contribution < 1.29 is 23.6 Å². The van der Waals surface area contributed by atoms with Crippen LogP contribution < -0.4 is 10.0 Å². The Labute approximate surface area is 160 Å². The van der Waals surface area contributed by atoms with Crippen LogP contribution in [0.4, 0.5) is 8.78 Å². The van der Waals surface area contributed by atoms with Crippen molar-refractivity contribution in [1.82, 2.24) is 4.98 Å². The monoisotopic (exact) mass is 380 g/mol. The third-order valence-electron chi connectivity index (χ3n) is 5.15. The molecule has 1 aromatic heterocycles. The van der Waals surface area contributed by atoms with Crippen molar-refractivity contribution in [3.05, 3.63) is 76.5 Å². The van der Waals surface area contributed by atoms with E-state index in [1.54, 1.807) is 30.3 Å². The van der Waals surface area contributed by atoms with Crippen LogP contribution in [0, 0.1) is 11.6 Å². The molecule has 0 spiro atoms. The number of carbonyl (C=O) groups is 1. The minimum Gasteiger partial charge on any atom is -0.545 e. The lowest BCUT2D eigenvalue weighted by molar-refractivity contribution is -0.905. The van der Waals surface area contributed by atoms with Crippen LogP contribution in [0.15, 0.2) is 42.5 Å². The molecular weight excluding hydrogens is 362 g/mol. The van der Waals surface area contributed by atoms with Crippen molar-refractivity contribution in [2.45, 2.75) is 13.5 Å². The maximum absolute atomic E-state index is 13.6. The number of halogens is 2. The summed E-state index contributed by atoms with van der Waals surface area (Å²) in [6.45, 7) is 3.93. The Kier molecular flexibility index (Phi) is 4.65. The van der Waals surface area contributed by atoms with Crippen molar-refractivity contribution in [3.63, 3.8) is 0 Å². The fourth-order valence-electron chi connectivity index (χ4n) is 3.76. The number of carboxylic acid groups (broad SMARTS) is 1. The van der Waals surface area contributed by atoms with E-state index in [9.17, 15) is 18.7 Å². The molecular formula is C22H18F2N2O2. The van der Waals surface area contributed by atoms with Crippen LogP contribution in [0.5, 0.6) is 0 Å². The highest BCUT2D eigenvalue weighted by Gasteiger charge is 2.28. The number of nitrogens with one attached hydrogen (secondary N) is 1. The molecule has 3 aromatic rings. The summed E-state index contributed by atoms with van der Waals surface area (Å²) in [5, 5.41) is 12.5. The second kappa shape index (κ2) is 7.13. The van der Waals surface area contributed by atoms with Crippen molar-refractivity contribution in [3.8, 4) is 0 Å². The molecule has 1 unspecified atom stereocenters. The van der Waals surface area contributed by atoms with Gasteiger partial charge in [-0.05, 0) is 36.8 Å². The average Bonchev–Trinajstić information content (AvgIpc) is 2.68. The van der Waals surface area contributed by atoms with Crippen LogP contribution in [-0.4, -0.2) is 24.0 Å². The lowest BCUT2D eigenvalue weighted by Crippen LogP contribution is -3.11. The number of hydrogen-bond acceptors (Lipinski definition) is 3. The number of fused-ring (bicyclic) bond motifs is 2. The van der Waals surface area contributed by atoms with Gasteiger partial charge in [-0.15, -0.1) is 0 Å². The summed E-state index contributed by atoms with van der Waals surface area (Å²) >= 11 is 0. The molecule has 0 bridgehead atoms. The highest BCUT2D eigenvalue weighted by Crippen LogP contribution is 2.29. The summed E-state index contributed by atoms with van der Waals surface area (Å²) in [4.78, 5) is 17.8. The van der Waals surface area contributed by atoms with Crippen molar-refractivity contribution in [2.24, 2.45) is 0 Å². The first-order valence-corrected chi connectivity index (χ1v) is 9.10. The average molecular weight is 380 g/mol. The maximum atomic E-state index is 13.6. The molecule has 0 aliphatic carbocycles. The molecule has 28 heavy (non-hydrogen) atoms. The molecule has 0 saturated heterocycles. The number of carboxylic acids is 1. The number of carbonyl (C=O) groups excluding carboxylic acids is 1. The molecule has 6 heteroatoms. The van der Waals surface area contributed by atoms with E-state index in [4.69, 9.17) is 4.98 Å². The van der Waals surface area contributed by atoms with Gasteiger partial charge in [-0.2, -0.15) is 0 Å². The van der Waals surface area contributed by atoms with Gasteiger partial charge < -0.3 is 14.8 Å². The minimum atomic E-state index is -1.24. The number of aromatic carboxylic acids is 1. The van der Waals surface area contributed by atoms with Gasteiger partial charge in [0.2, 0.25) is 0 Å². The van der Waals surface area contributed by atoms with Crippen molar-refractivity contribution in [2.75, 3.05) is 13.1 Å². The number of rotatable bonds is 3. The van der Waals surface area contributed by atoms with Gasteiger partial charge in [0.25, 0.3) is 0 Å². The predicted octanol–water partition coefficient (Wildman–Crippen LogP) is 1.84. The third-order valence-corrected chi connectivity index (χ3v) is 5.15. The van der Waals surface area contributed by atoms with Gasteiger partial charge in [-0.3, -0.25) is 0 Å². The summed E-state index contributed by atoms with van der Waals surface area (Å²) in [7, 11) is 0. The number of pyridine rings is 1. The SMILES string of the molecule is CC[NH+]1C/C(=C\c2ccc(F)c(F)c2)c2nc3ccccc3c(C(=O)[O-])c2C1. The van der Waals surface area contributed by atoms with E-state index < -0.39 is 17.6 Å². The number of aromatic nitrogens is 1. The molecule has 2 heterocycles. The largest absolute Gasteiger partial charge is 0.545 e. The second-order valence-corrected chi connectivity index (χ2v) is 6.92. The van der Waals surface area contributed by atoms with Gasteiger partial charge in [-0.25, -0.2) is 13.8 Å². The topological polar surface area (TPSA) is 57.5 Å². The van der Waals surface area contributed by atoms with Crippen LogP contribution in [0.3, 0.4) is 0 Å². The molecule has 4 rings (SSSR count). The summed E-state index contributed by atoms with van der Waals surface area (Å²) < 4.78 is 26.9. The predicted molar refractivity (Wildman–Crippen MR) is 100 cm³/mol. The molecule has 142 valence electrons. The molecule has 1 N–H and O–H groups in total. The zero-order valence-electron chi connectivity index (χ0n) is 15.3. The Morgan fingerprint density at radius 2 is 1.96 bits per heavy atom. The Morgan fingerprint density at radius 1 is 1.18 bits per heavy atom. The van der Waals surface area contributed by atoms with E-state index in [2.05, 4.69) is 0 Å². The number of nitrogens with zero attached hydrogens (tertiary/aromatic N) is 1. The Balaban J connectivity index is 1.97. The normalized spacial score (nSPS) is 17.7. The Bertz CT molecular complexity index is 1120. The fraction of sp³-hybridized carbons (Fsp3) is 0.182. The van der Waals surface area contributed by atoms with Gasteiger partial charge in [0.15, 0.2) is 11.6 Å². The Hall–Kier alpha value is -3.12. The standard InChI is InChI=1S/C22H18F2N2O2/c1-2-26-11-14(9-13-7-8-17(23)18(24)10-13)21-16(12-26)20(22(27)28)15-5-3-4-6-19(15)25-21/h3-10H,2,11-12H2,1H3,(H,27,28)/b14-9+. The first-order chi connectivity index (χ1) is 13.5. The van der Waals surface area contributed by atoms with Gasteiger partial charge in [0.05, 0.1) is 23.7 Å². The zero-order chi connectivity index (χ0) is 19.8. The van der Waals surface area contributed by atoms with Gasteiger partial charge in [-0.1, -0.05) is 24.3 Å². The van der Waals surface area contributed by atoms with Crippen LogP contribution >= 0.6 is 0 Å². The number of para-hydroxylation sites is 1. The molecule has 1 aliphatic rings. The molecule has 0 radical (unpaired) electrons. The third kappa shape index (κ3) is 3.16. The molecule has 4 nitrogen and oxygen atoms in total. The highest BCUT2D eigenvalue weighted by atomic mass is 19.2. The molecule has 0 fully saturated rings. The molecule has 2 aromatic carbocycles. The lowest BCUT2D eigenvalue weighted by atomic mass is 9.92. The van der Waals surface area contributed by atoms with E-state index in [-0.39, 0.29) is 5.56 Å². The Morgan fingerprint density at radius 3 is 2.68 bits per heavy atom. The summed E-state index contributed by atoms with van der Waals surface area (Å²) in [6, 6.07) is 10.8. The first kappa shape index (κ1) is 18.3. The summed E-state index contributed by atoms with van der Waals surface area (Å²) in [5.41, 5.74) is 3.22. The van der Waals surface area contributed by atoms with Crippen molar-refractivity contribution in [1.29, 1.82) is 0 Å². The maximum Gasteiger partial charge on any atom is 0.159 e. The van der Waals surface area contributed by atoms with E-state index in [0.717, 1.165) is 29.2 Å². The highest BCUT2D eigenvalue weighted by molar-refractivity contribution is 6.05. The van der Waals surface area contributed by atoms with Gasteiger partial charge >= 0.3 is 0 Å². The summed E-state index contributed by atoms with van der Waals surface area (Å²) in [5.74, 6) is -3.07. The van der Waals surface area contributed by atoms with Gasteiger partial charge in [0, 0.05) is 22.1 Å². The molecule has 0 amide bonds. The quantitative estimate of drug-likeness (QED) is 0.754. The van der Waals surface area contributed by atoms with Crippen LogP contribution in [0.1, 0.15) is 34.1 Å². The van der Waals surface area contributed by atoms with E-state index in [1.165, 1.54) is 6.07 Å². The van der Waals surface area contributed by atoms with E-state index >= 15 is 0 Å². The van der Waals surface area contributed by atoms with Crippen LogP contribution in [0.2, 0.25) is 0 Å². The summed E-state index contributed by atoms with van der Waals surface area (Å²) in [6.07, 6.45) is 1.75. The molecule has 1 atom stereocenters. The molecule has 1 aliphatic heterocycles. The first-order valence-electron chi connectivity index (χ1n) is 9.10. The van der Waals surface area contributed by atoms with Crippen molar-refractivity contribution >= 4 is 28.5 Å². The number of quaternary nitrogens is 1. The number of benzene rings is 2.